The fourth-order valence-corrected chi connectivity index (χ4v) is 4.06. The Kier molecular flexibility index (Phi) is 2.62. The Morgan fingerprint density at radius 3 is 2.33 bits per heavy atom. The maximum Gasteiger partial charge on any atom is 0.211 e. The second-order valence-electron chi connectivity index (χ2n) is 5.78. The van der Waals surface area contributed by atoms with E-state index in [1.54, 1.807) is 4.31 Å². The van der Waals surface area contributed by atoms with E-state index < -0.39 is 10.0 Å². The van der Waals surface area contributed by atoms with Gasteiger partial charge in [0.2, 0.25) is 10.0 Å². The fraction of sp³-hybridized carbons (Fsp3) is 1.00. The van der Waals surface area contributed by atoms with E-state index in [0.29, 0.717) is 5.41 Å². The number of rotatable bonds is 2. The maximum atomic E-state index is 11.3. The molecule has 2 aliphatic rings. The van der Waals surface area contributed by atoms with Crippen molar-refractivity contribution in [2.75, 3.05) is 19.3 Å². The van der Waals surface area contributed by atoms with Crippen LogP contribution in [0.15, 0.2) is 0 Å². The normalized spacial score (nSPS) is 31.1. The molecule has 1 aliphatic carbocycles. The van der Waals surface area contributed by atoms with E-state index in [0.717, 1.165) is 24.9 Å². The third-order valence-corrected chi connectivity index (χ3v) is 5.37. The van der Waals surface area contributed by atoms with Crippen LogP contribution in [-0.4, -0.2) is 32.1 Å². The quantitative estimate of drug-likeness (QED) is 0.725. The first-order valence-corrected chi connectivity index (χ1v) is 7.62. The van der Waals surface area contributed by atoms with Crippen LogP contribution in [0.3, 0.4) is 0 Å². The minimum absolute atomic E-state index is 0.345. The first-order valence-electron chi connectivity index (χ1n) is 5.78. The summed E-state index contributed by atoms with van der Waals surface area (Å²) in [6, 6.07) is 0. The minimum atomic E-state index is -2.93. The molecule has 4 heteroatoms. The zero-order chi connectivity index (χ0) is 11.3. The Hall–Kier alpha value is -0.0900. The molecule has 0 aromatic heterocycles. The molecule has 15 heavy (non-hydrogen) atoms. The van der Waals surface area contributed by atoms with E-state index in [9.17, 15) is 8.42 Å². The summed E-state index contributed by atoms with van der Waals surface area (Å²) >= 11 is 0. The molecule has 1 saturated heterocycles. The highest BCUT2D eigenvalue weighted by Crippen LogP contribution is 2.50. The van der Waals surface area contributed by atoms with Crippen molar-refractivity contribution in [1.29, 1.82) is 0 Å². The molecule has 1 atom stereocenters. The van der Waals surface area contributed by atoms with E-state index in [-0.39, 0.29) is 0 Å². The predicted molar refractivity (Wildman–Crippen MR) is 61.0 cm³/mol. The van der Waals surface area contributed by atoms with Crippen LogP contribution in [0.4, 0.5) is 0 Å². The largest absolute Gasteiger partial charge is 0.213 e. The second-order valence-corrected chi connectivity index (χ2v) is 7.76. The van der Waals surface area contributed by atoms with Crippen LogP contribution in [0, 0.1) is 17.3 Å². The van der Waals surface area contributed by atoms with Crippen LogP contribution in [0.2, 0.25) is 0 Å². The van der Waals surface area contributed by atoms with Crippen molar-refractivity contribution in [3.05, 3.63) is 0 Å². The minimum Gasteiger partial charge on any atom is -0.213 e. The molecule has 3 nitrogen and oxygen atoms in total. The van der Waals surface area contributed by atoms with Crippen LogP contribution in [0.5, 0.6) is 0 Å². The highest BCUT2D eigenvalue weighted by molar-refractivity contribution is 7.88. The summed E-state index contributed by atoms with van der Waals surface area (Å²) in [5.41, 5.74) is 0.345. The van der Waals surface area contributed by atoms with Gasteiger partial charge in [-0.05, 0) is 36.5 Å². The van der Waals surface area contributed by atoms with E-state index in [4.69, 9.17) is 0 Å². The van der Waals surface area contributed by atoms with Gasteiger partial charge in [-0.3, -0.25) is 0 Å². The molecule has 0 amide bonds. The van der Waals surface area contributed by atoms with Crippen LogP contribution < -0.4 is 0 Å². The van der Waals surface area contributed by atoms with E-state index in [1.807, 2.05) is 0 Å². The predicted octanol–water partition coefficient (Wildman–Crippen LogP) is 1.70. The molecule has 2 fully saturated rings. The van der Waals surface area contributed by atoms with Crippen molar-refractivity contribution < 1.29 is 8.42 Å². The average molecular weight is 231 g/mol. The summed E-state index contributed by atoms with van der Waals surface area (Å²) in [4.78, 5) is 0. The van der Waals surface area contributed by atoms with Gasteiger partial charge >= 0.3 is 0 Å². The lowest BCUT2D eigenvalue weighted by molar-refractivity contribution is 0.0710. The molecule has 1 saturated carbocycles. The monoisotopic (exact) mass is 231 g/mol. The molecule has 1 aliphatic heterocycles. The van der Waals surface area contributed by atoms with Crippen molar-refractivity contribution >= 4 is 10.0 Å². The molecule has 2 rings (SSSR count). The lowest BCUT2D eigenvalue weighted by Crippen LogP contribution is -2.56. The molecular weight excluding hydrogens is 210 g/mol. The highest BCUT2D eigenvalue weighted by Gasteiger charge is 2.50. The molecule has 1 unspecified atom stereocenters. The Bertz CT molecular complexity index is 342. The first kappa shape index (κ1) is 11.4. The molecule has 0 radical (unpaired) electrons. The molecule has 1 spiro atoms. The van der Waals surface area contributed by atoms with Crippen molar-refractivity contribution in [3.8, 4) is 0 Å². The molecular formula is C11H21NO2S. The van der Waals surface area contributed by atoms with Gasteiger partial charge in [0.15, 0.2) is 0 Å². The maximum absolute atomic E-state index is 11.3. The number of hydrogen-bond donors (Lipinski definition) is 0. The molecule has 0 N–H and O–H groups in total. The Morgan fingerprint density at radius 2 is 1.93 bits per heavy atom. The molecule has 0 aromatic rings. The fourth-order valence-electron chi connectivity index (χ4n) is 3.04. The summed E-state index contributed by atoms with van der Waals surface area (Å²) < 4.78 is 24.2. The van der Waals surface area contributed by atoms with Crippen molar-refractivity contribution in [2.45, 2.75) is 33.1 Å². The Balaban J connectivity index is 1.94. The van der Waals surface area contributed by atoms with Gasteiger partial charge in [-0.15, -0.1) is 0 Å². The van der Waals surface area contributed by atoms with Gasteiger partial charge in [0.05, 0.1) is 6.26 Å². The highest BCUT2D eigenvalue weighted by atomic mass is 32.2. The standard InChI is InChI=1S/C11H21NO2S/c1-9(2)10-4-5-11(6-10)7-12(8-11)15(3,13)14/h9-10H,4-8H2,1-3H3. The van der Waals surface area contributed by atoms with E-state index in [2.05, 4.69) is 13.8 Å². The van der Waals surface area contributed by atoms with E-state index >= 15 is 0 Å². The van der Waals surface area contributed by atoms with Crippen molar-refractivity contribution in [3.63, 3.8) is 0 Å². The van der Waals surface area contributed by atoms with Gasteiger partial charge in [0.1, 0.15) is 0 Å². The SMILES string of the molecule is CC(C)C1CCC2(C1)CN(S(C)(=O)=O)C2. The van der Waals surface area contributed by atoms with Gasteiger partial charge in [-0.1, -0.05) is 13.8 Å². The first-order chi connectivity index (χ1) is 6.82. The topological polar surface area (TPSA) is 37.4 Å². The lowest BCUT2D eigenvalue weighted by atomic mass is 9.78. The molecule has 1 heterocycles. The Labute approximate surface area is 92.9 Å². The van der Waals surface area contributed by atoms with Gasteiger partial charge in [0, 0.05) is 13.1 Å². The third-order valence-electron chi connectivity index (χ3n) is 4.18. The summed E-state index contributed by atoms with van der Waals surface area (Å²) in [5.74, 6) is 1.56. The lowest BCUT2D eigenvalue weighted by Gasteiger charge is -2.47. The smallest absolute Gasteiger partial charge is 0.211 e. The van der Waals surface area contributed by atoms with Crippen LogP contribution >= 0.6 is 0 Å². The number of sulfonamides is 1. The van der Waals surface area contributed by atoms with Crippen molar-refractivity contribution in [2.24, 2.45) is 17.3 Å². The summed E-state index contributed by atoms with van der Waals surface area (Å²) in [6.07, 6.45) is 5.06. The van der Waals surface area contributed by atoms with Crippen molar-refractivity contribution in [1.82, 2.24) is 4.31 Å². The summed E-state index contributed by atoms with van der Waals surface area (Å²) in [5, 5.41) is 0. The number of nitrogens with zero attached hydrogens (tertiary/aromatic N) is 1. The molecule has 0 aromatic carbocycles. The van der Waals surface area contributed by atoms with Gasteiger partial charge < -0.3 is 0 Å². The van der Waals surface area contributed by atoms with E-state index in [1.165, 1.54) is 25.5 Å². The van der Waals surface area contributed by atoms with Gasteiger partial charge in [-0.25, -0.2) is 12.7 Å². The third kappa shape index (κ3) is 2.07. The summed E-state index contributed by atoms with van der Waals surface area (Å²) in [6.45, 7) is 6.09. The number of hydrogen-bond acceptors (Lipinski definition) is 2. The molecule has 88 valence electrons. The van der Waals surface area contributed by atoms with Gasteiger partial charge in [-0.2, -0.15) is 0 Å². The average Bonchev–Trinajstić information content (AvgIpc) is 2.42. The summed E-state index contributed by atoms with van der Waals surface area (Å²) in [7, 11) is -2.93. The van der Waals surface area contributed by atoms with Crippen LogP contribution in [-0.2, 0) is 10.0 Å². The second kappa shape index (κ2) is 3.45. The molecule has 0 bridgehead atoms. The van der Waals surface area contributed by atoms with Crippen LogP contribution in [0.25, 0.3) is 0 Å². The zero-order valence-corrected chi connectivity index (χ0v) is 10.7. The van der Waals surface area contributed by atoms with Crippen LogP contribution in [0.1, 0.15) is 33.1 Å². The zero-order valence-electron chi connectivity index (χ0n) is 9.86. The van der Waals surface area contributed by atoms with Gasteiger partial charge in [0.25, 0.3) is 0 Å². The Morgan fingerprint density at radius 1 is 1.33 bits per heavy atom.